The van der Waals surface area contributed by atoms with E-state index in [0.29, 0.717) is 6.54 Å². The van der Waals surface area contributed by atoms with E-state index in [0.717, 1.165) is 29.9 Å². The summed E-state index contributed by atoms with van der Waals surface area (Å²) in [5.41, 5.74) is 0.219. The predicted molar refractivity (Wildman–Crippen MR) is 104 cm³/mol. The number of carbonyl (C=O) groups excluding carboxylic acids is 1. The van der Waals surface area contributed by atoms with Gasteiger partial charge in [-0.3, -0.25) is 4.79 Å². The van der Waals surface area contributed by atoms with E-state index in [1.165, 1.54) is 16.0 Å². The van der Waals surface area contributed by atoms with E-state index in [1.54, 1.807) is 18.3 Å². The first-order valence-electron chi connectivity index (χ1n) is 9.35. The Bertz CT molecular complexity index is 792. The lowest BCUT2D eigenvalue weighted by Gasteiger charge is -2.32. The molecule has 2 heterocycles. The van der Waals surface area contributed by atoms with E-state index >= 15 is 0 Å². The number of para-hydroxylation sites is 1. The van der Waals surface area contributed by atoms with Gasteiger partial charge in [0.1, 0.15) is 11.6 Å². The summed E-state index contributed by atoms with van der Waals surface area (Å²) in [4.78, 5) is 18.7. The van der Waals surface area contributed by atoms with Crippen LogP contribution in [0.2, 0.25) is 0 Å². The lowest BCUT2D eigenvalue weighted by Crippen LogP contribution is -3.14. The van der Waals surface area contributed by atoms with Crippen molar-refractivity contribution in [3.63, 3.8) is 0 Å². The summed E-state index contributed by atoms with van der Waals surface area (Å²) >= 11 is 1.74. The van der Waals surface area contributed by atoms with E-state index in [1.807, 2.05) is 32.0 Å². The van der Waals surface area contributed by atoms with Crippen molar-refractivity contribution in [2.75, 3.05) is 13.1 Å². The molecule has 138 valence electrons. The zero-order valence-corrected chi connectivity index (χ0v) is 16.5. The van der Waals surface area contributed by atoms with Crippen molar-refractivity contribution in [2.24, 2.45) is 5.92 Å². The Balaban J connectivity index is 1.75. The highest BCUT2D eigenvalue weighted by atomic mass is 32.1. The SMILES string of the molecule is CC(C)[C@](C)(C#N)NC(=O)C[NH+]1CCCC[C@@H]1c1nc2ccccc2s1. The summed E-state index contributed by atoms with van der Waals surface area (Å²) < 4.78 is 1.20. The number of hydrogen-bond donors (Lipinski definition) is 2. The summed E-state index contributed by atoms with van der Waals surface area (Å²) in [7, 11) is 0. The molecular formula is C20H27N4OS+. The third-order valence-electron chi connectivity index (χ3n) is 5.52. The number of nitrogens with one attached hydrogen (secondary N) is 2. The van der Waals surface area contributed by atoms with Gasteiger partial charge in [0.15, 0.2) is 11.6 Å². The molecule has 6 heteroatoms. The fourth-order valence-corrected chi connectivity index (χ4v) is 4.63. The lowest BCUT2D eigenvalue weighted by molar-refractivity contribution is -0.929. The molecule has 1 unspecified atom stereocenters. The molecule has 0 saturated carbocycles. The van der Waals surface area contributed by atoms with Gasteiger partial charge in [0, 0.05) is 6.42 Å². The zero-order valence-electron chi connectivity index (χ0n) is 15.7. The third kappa shape index (κ3) is 3.89. The fourth-order valence-electron chi connectivity index (χ4n) is 3.47. The standard InChI is InChI=1S/C20H26N4OS/c1-14(2)20(3,13-21)23-18(25)12-24-11-7-6-9-16(24)19-22-15-8-4-5-10-17(15)26-19/h4-5,8,10,14,16H,6-7,9,11-12H2,1-3H3,(H,23,25)/p+1/t16-,20+/m1/s1. The summed E-state index contributed by atoms with van der Waals surface area (Å²) in [5.74, 6) is 0.0126. The molecule has 1 aromatic carbocycles. The normalized spacial score (nSPS) is 22.7. The van der Waals surface area contributed by atoms with Crippen molar-refractivity contribution in [1.29, 1.82) is 5.26 Å². The monoisotopic (exact) mass is 371 g/mol. The number of piperidine rings is 1. The Hall–Kier alpha value is -1.97. The van der Waals surface area contributed by atoms with Gasteiger partial charge in [0.25, 0.3) is 5.91 Å². The van der Waals surface area contributed by atoms with Gasteiger partial charge in [-0.2, -0.15) is 5.26 Å². The van der Waals surface area contributed by atoms with Crippen molar-refractivity contribution < 1.29 is 9.69 Å². The highest BCUT2D eigenvalue weighted by Crippen LogP contribution is 2.28. The molecule has 1 aliphatic heterocycles. The molecule has 1 amide bonds. The van der Waals surface area contributed by atoms with Gasteiger partial charge >= 0.3 is 0 Å². The predicted octanol–water partition coefficient (Wildman–Crippen LogP) is 2.46. The van der Waals surface area contributed by atoms with Gasteiger partial charge in [0.2, 0.25) is 0 Å². The molecular weight excluding hydrogens is 344 g/mol. The van der Waals surface area contributed by atoms with E-state index in [9.17, 15) is 10.1 Å². The highest BCUT2D eigenvalue weighted by molar-refractivity contribution is 7.18. The van der Waals surface area contributed by atoms with Gasteiger partial charge in [-0.15, -0.1) is 11.3 Å². The number of thiazole rings is 1. The molecule has 0 aliphatic carbocycles. The second kappa shape index (κ2) is 7.73. The van der Waals surface area contributed by atoms with Crippen molar-refractivity contribution in [3.8, 4) is 6.07 Å². The van der Waals surface area contributed by atoms with Crippen LogP contribution in [-0.4, -0.2) is 29.5 Å². The molecule has 3 rings (SSSR count). The van der Waals surface area contributed by atoms with Crippen molar-refractivity contribution in [2.45, 2.75) is 51.6 Å². The van der Waals surface area contributed by atoms with Crippen LogP contribution in [0.1, 0.15) is 51.1 Å². The van der Waals surface area contributed by atoms with E-state index in [2.05, 4.69) is 17.5 Å². The Morgan fingerprint density at radius 2 is 2.23 bits per heavy atom. The van der Waals surface area contributed by atoms with Crippen LogP contribution < -0.4 is 10.2 Å². The van der Waals surface area contributed by atoms with Crippen molar-refractivity contribution >= 4 is 27.5 Å². The number of fused-ring (bicyclic) bond motifs is 1. The van der Waals surface area contributed by atoms with Crippen LogP contribution in [0.4, 0.5) is 0 Å². The molecule has 0 bridgehead atoms. The fraction of sp³-hybridized carbons (Fsp3) is 0.550. The number of benzene rings is 1. The summed E-state index contributed by atoms with van der Waals surface area (Å²) in [6.07, 6.45) is 3.36. The first-order chi connectivity index (χ1) is 12.4. The number of quaternary nitrogens is 1. The number of nitriles is 1. The number of nitrogens with zero attached hydrogens (tertiary/aromatic N) is 2. The number of carbonyl (C=O) groups is 1. The number of aromatic nitrogens is 1. The number of rotatable bonds is 5. The maximum absolute atomic E-state index is 12.6. The quantitative estimate of drug-likeness (QED) is 0.848. The van der Waals surface area contributed by atoms with Gasteiger partial charge in [-0.25, -0.2) is 4.98 Å². The van der Waals surface area contributed by atoms with Crippen molar-refractivity contribution in [1.82, 2.24) is 10.3 Å². The molecule has 26 heavy (non-hydrogen) atoms. The van der Waals surface area contributed by atoms with Crippen LogP contribution in [0, 0.1) is 17.2 Å². The van der Waals surface area contributed by atoms with Gasteiger partial charge in [-0.1, -0.05) is 26.0 Å². The van der Waals surface area contributed by atoms with Gasteiger partial charge in [0.05, 0.1) is 22.8 Å². The summed E-state index contributed by atoms with van der Waals surface area (Å²) in [6.45, 7) is 7.08. The molecule has 2 aromatic rings. The lowest BCUT2D eigenvalue weighted by atomic mass is 9.90. The minimum absolute atomic E-state index is 0.0502. The van der Waals surface area contributed by atoms with Crippen LogP contribution >= 0.6 is 11.3 Å². The van der Waals surface area contributed by atoms with Gasteiger partial charge in [-0.05, 0) is 37.8 Å². The van der Waals surface area contributed by atoms with Crippen molar-refractivity contribution in [3.05, 3.63) is 29.3 Å². The number of likely N-dealkylation sites (tertiary alicyclic amines) is 1. The first kappa shape index (κ1) is 18.8. The number of amides is 1. The van der Waals surface area contributed by atoms with Crippen LogP contribution in [0.15, 0.2) is 24.3 Å². The zero-order chi connectivity index (χ0) is 18.7. The molecule has 1 aliphatic rings. The van der Waals surface area contributed by atoms with Crippen LogP contribution in [-0.2, 0) is 4.79 Å². The molecule has 3 atom stereocenters. The molecule has 5 nitrogen and oxygen atoms in total. The maximum Gasteiger partial charge on any atom is 0.276 e. The summed E-state index contributed by atoms with van der Waals surface area (Å²) in [5, 5.41) is 13.5. The van der Waals surface area contributed by atoms with Crippen LogP contribution in [0.3, 0.4) is 0 Å². The number of hydrogen-bond acceptors (Lipinski definition) is 4. The van der Waals surface area contributed by atoms with Crippen LogP contribution in [0.5, 0.6) is 0 Å². The minimum atomic E-state index is -0.822. The van der Waals surface area contributed by atoms with E-state index in [-0.39, 0.29) is 17.9 Å². The summed E-state index contributed by atoms with van der Waals surface area (Å²) in [6, 6.07) is 10.7. The van der Waals surface area contributed by atoms with E-state index in [4.69, 9.17) is 4.98 Å². The maximum atomic E-state index is 12.6. The highest BCUT2D eigenvalue weighted by Gasteiger charge is 2.35. The van der Waals surface area contributed by atoms with Gasteiger partial charge < -0.3 is 10.2 Å². The first-order valence-corrected chi connectivity index (χ1v) is 10.2. The van der Waals surface area contributed by atoms with Crippen LogP contribution in [0.25, 0.3) is 10.2 Å². The molecule has 1 fully saturated rings. The average molecular weight is 372 g/mol. The second-order valence-corrected chi connectivity index (χ2v) is 8.73. The Morgan fingerprint density at radius 1 is 1.46 bits per heavy atom. The molecule has 2 N–H and O–H groups in total. The topological polar surface area (TPSA) is 70.2 Å². The smallest absolute Gasteiger partial charge is 0.276 e. The third-order valence-corrected chi connectivity index (χ3v) is 6.67. The Kier molecular flexibility index (Phi) is 5.59. The molecule has 1 aromatic heterocycles. The molecule has 1 saturated heterocycles. The minimum Gasteiger partial charge on any atom is -0.333 e. The molecule has 0 spiro atoms. The average Bonchev–Trinajstić information content (AvgIpc) is 3.05. The molecule has 0 radical (unpaired) electrons. The Labute approximate surface area is 159 Å². The second-order valence-electron chi connectivity index (χ2n) is 7.67. The largest absolute Gasteiger partial charge is 0.333 e. The van der Waals surface area contributed by atoms with E-state index < -0.39 is 5.54 Å². The Morgan fingerprint density at radius 3 is 2.92 bits per heavy atom.